The Bertz CT molecular complexity index is 829. The van der Waals surface area contributed by atoms with Crippen LogP contribution in [0.15, 0.2) is 26.9 Å². The Balaban J connectivity index is 2.10. The summed E-state index contributed by atoms with van der Waals surface area (Å²) in [6.45, 7) is 1.93. The molecule has 0 radical (unpaired) electrons. The summed E-state index contributed by atoms with van der Waals surface area (Å²) in [5.41, 5.74) is 9.95. The Morgan fingerprint density at radius 3 is 2.48 bits per heavy atom. The summed E-state index contributed by atoms with van der Waals surface area (Å²) in [6.07, 6.45) is 0. The summed E-state index contributed by atoms with van der Waals surface area (Å²) >= 11 is 19.5. The summed E-state index contributed by atoms with van der Waals surface area (Å²) in [6, 6.07) is 5.19. The third-order valence-electron chi connectivity index (χ3n) is 3.05. The molecule has 1 aliphatic rings. The first-order valence-corrected chi connectivity index (χ1v) is 7.76. The Morgan fingerprint density at radius 2 is 1.71 bits per heavy atom. The highest BCUT2D eigenvalue weighted by molar-refractivity contribution is 7.58. The van der Waals surface area contributed by atoms with Crippen molar-refractivity contribution in [2.75, 3.05) is 11.1 Å². The molecule has 1 heterocycles. The molecule has 3 rings (SSSR count). The van der Waals surface area contributed by atoms with Gasteiger partial charge in [0.2, 0.25) is 0 Å². The van der Waals surface area contributed by atoms with Crippen molar-refractivity contribution in [3.63, 3.8) is 0 Å². The van der Waals surface area contributed by atoms with Gasteiger partial charge in [-0.1, -0.05) is 34.8 Å². The number of aryl methyl sites for hydroxylation is 1. The summed E-state index contributed by atoms with van der Waals surface area (Å²) in [7, 11) is 0. The number of anilines is 3. The molecule has 0 aliphatic carbocycles. The molecule has 0 aromatic heterocycles. The lowest BCUT2D eigenvalue weighted by atomic mass is 10.1. The molecular weight excluding hydrogens is 351 g/mol. The number of nitrogens with one attached hydrogen (secondary N) is 1. The van der Waals surface area contributed by atoms with Crippen molar-refractivity contribution < 1.29 is 0 Å². The van der Waals surface area contributed by atoms with Gasteiger partial charge in [-0.25, -0.2) is 0 Å². The van der Waals surface area contributed by atoms with E-state index in [1.165, 1.54) is 0 Å². The van der Waals surface area contributed by atoms with Gasteiger partial charge in [0.1, 0.15) is 11.4 Å². The van der Waals surface area contributed by atoms with Crippen LogP contribution in [0.3, 0.4) is 0 Å². The van der Waals surface area contributed by atoms with Crippen molar-refractivity contribution in [3.05, 3.63) is 38.8 Å². The lowest BCUT2D eigenvalue weighted by Gasteiger charge is -2.15. The van der Waals surface area contributed by atoms with Crippen LogP contribution in [-0.2, 0) is 11.4 Å². The van der Waals surface area contributed by atoms with Gasteiger partial charge in [-0.05, 0) is 30.7 Å². The van der Waals surface area contributed by atoms with Crippen molar-refractivity contribution in [2.45, 2.75) is 6.92 Å². The number of rotatable bonds is 2. The molecule has 0 amide bonds. The average molecular weight is 360 g/mol. The summed E-state index contributed by atoms with van der Waals surface area (Å²) in [4.78, 5) is 0. The molecule has 0 saturated carbocycles. The molecule has 21 heavy (non-hydrogen) atoms. The van der Waals surface area contributed by atoms with Crippen molar-refractivity contribution in [2.24, 2.45) is 8.73 Å². The zero-order valence-electron chi connectivity index (χ0n) is 10.7. The molecule has 2 aromatic carbocycles. The second-order valence-corrected chi connectivity index (χ2v) is 6.24. The fourth-order valence-electron chi connectivity index (χ4n) is 1.97. The van der Waals surface area contributed by atoms with E-state index >= 15 is 0 Å². The van der Waals surface area contributed by atoms with Crippen LogP contribution in [0.2, 0.25) is 15.1 Å². The second-order valence-electron chi connectivity index (χ2n) is 4.49. The first-order valence-electron chi connectivity index (χ1n) is 5.90. The number of fused-ring (bicyclic) bond motifs is 1. The fourth-order valence-corrected chi connectivity index (χ4v) is 3.29. The molecule has 8 heteroatoms. The summed E-state index contributed by atoms with van der Waals surface area (Å²) in [5.74, 6) is 0. The lowest BCUT2D eigenvalue weighted by molar-refractivity contribution is 1.42. The van der Waals surface area contributed by atoms with Crippen LogP contribution in [-0.4, -0.2) is 0 Å². The van der Waals surface area contributed by atoms with Crippen LogP contribution in [0.5, 0.6) is 0 Å². The van der Waals surface area contributed by atoms with Gasteiger partial charge < -0.3 is 11.1 Å². The van der Waals surface area contributed by atoms with Gasteiger partial charge in [0.25, 0.3) is 0 Å². The first kappa shape index (κ1) is 14.7. The third-order valence-corrected chi connectivity index (χ3v) is 4.49. The molecule has 3 N–H and O–H groups in total. The molecule has 0 unspecified atom stereocenters. The monoisotopic (exact) mass is 358 g/mol. The number of benzene rings is 2. The van der Waals surface area contributed by atoms with Crippen LogP contribution < -0.4 is 11.1 Å². The molecule has 0 saturated heterocycles. The third kappa shape index (κ3) is 2.62. The Labute approximate surface area is 140 Å². The molecule has 108 valence electrons. The molecule has 0 bridgehead atoms. The fraction of sp³-hybridized carbons (Fsp3) is 0.0769. The Kier molecular flexibility index (Phi) is 3.84. The minimum Gasteiger partial charge on any atom is -0.398 e. The maximum Gasteiger partial charge on any atom is 0.131 e. The largest absolute Gasteiger partial charge is 0.398 e. The van der Waals surface area contributed by atoms with Crippen molar-refractivity contribution >= 4 is 74.6 Å². The number of nitrogens with zero attached hydrogens (tertiary/aromatic N) is 2. The van der Waals surface area contributed by atoms with Gasteiger partial charge in [-0.2, -0.15) is 8.73 Å². The lowest BCUT2D eigenvalue weighted by Crippen LogP contribution is -1.97. The van der Waals surface area contributed by atoms with E-state index in [4.69, 9.17) is 40.5 Å². The first-order chi connectivity index (χ1) is 9.97. The second kappa shape index (κ2) is 5.50. The van der Waals surface area contributed by atoms with Crippen LogP contribution >= 0.6 is 34.8 Å². The zero-order valence-corrected chi connectivity index (χ0v) is 13.8. The van der Waals surface area contributed by atoms with Gasteiger partial charge in [0.15, 0.2) is 0 Å². The van der Waals surface area contributed by atoms with E-state index in [1.807, 2.05) is 6.92 Å². The smallest absolute Gasteiger partial charge is 0.131 e. The molecule has 1 aliphatic heterocycles. The van der Waals surface area contributed by atoms with Gasteiger partial charge in [-0.15, -0.1) is 0 Å². The summed E-state index contributed by atoms with van der Waals surface area (Å²) < 4.78 is 8.42. The summed E-state index contributed by atoms with van der Waals surface area (Å²) in [5, 5.41) is 4.65. The highest BCUT2D eigenvalue weighted by atomic mass is 35.5. The van der Waals surface area contributed by atoms with E-state index in [2.05, 4.69) is 14.0 Å². The number of hydrogen-bond donors (Lipinski definition) is 2. The highest BCUT2D eigenvalue weighted by Crippen LogP contribution is 2.48. The molecule has 0 atom stereocenters. The number of halogens is 3. The molecule has 4 nitrogen and oxygen atoms in total. The van der Waals surface area contributed by atoms with E-state index < -0.39 is 0 Å². The van der Waals surface area contributed by atoms with E-state index in [-0.39, 0.29) is 0 Å². The topological polar surface area (TPSA) is 62.8 Å². The van der Waals surface area contributed by atoms with Gasteiger partial charge in [0.05, 0.1) is 37.8 Å². The quantitative estimate of drug-likeness (QED) is 0.550. The maximum absolute atomic E-state index is 6.27. The predicted molar refractivity (Wildman–Crippen MR) is 91.9 cm³/mol. The average Bonchev–Trinajstić information content (AvgIpc) is 2.90. The minimum atomic E-state index is 0.465. The van der Waals surface area contributed by atoms with E-state index in [0.29, 0.717) is 37.8 Å². The SMILES string of the molecule is Cc1cc(N)c(Cl)cc1Nc1c(Cl)cc(Cl)c2c1N=S=N2. The number of hydrogen-bond acceptors (Lipinski definition) is 4. The van der Waals surface area contributed by atoms with Crippen molar-refractivity contribution in [3.8, 4) is 0 Å². The van der Waals surface area contributed by atoms with E-state index in [9.17, 15) is 0 Å². The Morgan fingerprint density at radius 1 is 1.00 bits per heavy atom. The van der Waals surface area contributed by atoms with Crippen LogP contribution in [0.25, 0.3) is 0 Å². The van der Waals surface area contributed by atoms with Crippen molar-refractivity contribution in [1.82, 2.24) is 0 Å². The standard InChI is InChI=1S/C13H9Cl3N4S/c1-5-2-9(17)6(14)4-10(5)18-11-7(15)3-8(16)12-13(11)20-21-19-12/h2-4,18H,17H2,1H3. The van der Waals surface area contributed by atoms with Crippen LogP contribution in [0, 0.1) is 6.92 Å². The number of nitrogens with two attached hydrogens (primary N) is 1. The molecule has 0 spiro atoms. The predicted octanol–water partition coefficient (Wildman–Crippen LogP) is 6.01. The molecular formula is C13H9Cl3N4S. The van der Waals surface area contributed by atoms with Crippen molar-refractivity contribution in [1.29, 1.82) is 0 Å². The van der Waals surface area contributed by atoms with E-state index in [0.717, 1.165) is 22.6 Å². The van der Waals surface area contributed by atoms with Crippen LogP contribution in [0.1, 0.15) is 5.56 Å². The van der Waals surface area contributed by atoms with Gasteiger partial charge >= 0.3 is 0 Å². The van der Waals surface area contributed by atoms with Gasteiger partial charge in [-0.3, -0.25) is 0 Å². The molecule has 2 aromatic rings. The van der Waals surface area contributed by atoms with Crippen LogP contribution in [0.4, 0.5) is 28.4 Å². The highest BCUT2D eigenvalue weighted by Gasteiger charge is 2.19. The number of nitrogen functional groups attached to an aromatic ring is 1. The minimum absolute atomic E-state index is 0.465. The zero-order chi connectivity index (χ0) is 15.1. The van der Waals surface area contributed by atoms with Gasteiger partial charge in [0, 0.05) is 5.69 Å². The maximum atomic E-state index is 6.27. The van der Waals surface area contributed by atoms with E-state index in [1.54, 1.807) is 18.2 Å². The normalized spacial score (nSPS) is 12.2. The Hall–Kier alpha value is -1.27. The molecule has 0 fully saturated rings.